The Balaban J connectivity index is 2.49. The minimum atomic E-state index is -4.98. The Morgan fingerprint density at radius 2 is 1.28 bits per heavy atom. The van der Waals surface area contributed by atoms with Crippen molar-refractivity contribution in [2.45, 2.75) is 28.0 Å². The van der Waals surface area contributed by atoms with Gasteiger partial charge >= 0.3 is 0 Å². The van der Waals surface area contributed by atoms with Crippen molar-refractivity contribution >= 4 is 62.7 Å². The summed E-state index contributed by atoms with van der Waals surface area (Å²) >= 11 is 0. The fourth-order valence-corrected chi connectivity index (χ4v) is 6.32. The van der Waals surface area contributed by atoms with Crippen LogP contribution in [0.15, 0.2) is 63.2 Å². The van der Waals surface area contributed by atoms with E-state index in [1.165, 1.54) is 30.3 Å². The number of rotatable bonds is 5. The van der Waals surface area contributed by atoms with Crippen LogP contribution in [0.5, 0.6) is 0 Å². The Morgan fingerprint density at radius 1 is 0.719 bits per heavy atom. The second kappa shape index (κ2) is 6.94. The minimum absolute atomic E-state index is 0.00417. The first-order valence-electron chi connectivity index (χ1n) is 8.95. The Hall–Kier alpha value is -2.61. The molecule has 0 aliphatic heterocycles. The summed E-state index contributed by atoms with van der Waals surface area (Å²) in [6.45, 7) is 5.42. The summed E-state index contributed by atoms with van der Waals surface area (Å²) in [5.41, 5.74) is 0.789. The molecule has 4 aromatic rings. The van der Waals surface area contributed by atoms with Gasteiger partial charge in [0, 0.05) is 21.5 Å². The van der Waals surface area contributed by atoms with Crippen molar-refractivity contribution in [1.82, 2.24) is 0 Å². The maximum absolute atomic E-state index is 12.2. The third kappa shape index (κ3) is 3.54. The van der Waals surface area contributed by atoms with Crippen molar-refractivity contribution in [1.29, 1.82) is 0 Å². The van der Waals surface area contributed by atoms with E-state index < -0.39 is 45.0 Å². The molecule has 3 N–H and O–H groups in total. The highest BCUT2D eigenvalue weighted by molar-refractivity contribution is 7.87. The van der Waals surface area contributed by atoms with Crippen LogP contribution >= 0.6 is 0 Å². The molecule has 0 amide bonds. The molecule has 0 saturated carbocycles. The van der Waals surface area contributed by atoms with Gasteiger partial charge in [0.15, 0.2) is 0 Å². The molecule has 9 nitrogen and oxygen atoms in total. The molecule has 0 aliphatic carbocycles. The fourth-order valence-electron chi connectivity index (χ4n) is 4.10. The van der Waals surface area contributed by atoms with Crippen molar-refractivity contribution in [2.75, 3.05) is 0 Å². The van der Waals surface area contributed by atoms with Crippen LogP contribution in [0, 0.1) is 0 Å². The average Bonchev–Trinajstić information content (AvgIpc) is 2.62. The van der Waals surface area contributed by atoms with E-state index >= 15 is 0 Å². The lowest BCUT2D eigenvalue weighted by Crippen LogP contribution is -2.08. The van der Waals surface area contributed by atoms with Gasteiger partial charge in [0.25, 0.3) is 30.4 Å². The van der Waals surface area contributed by atoms with Crippen molar-refractivity contribution < 1.29 is 38.9 Å². The summed E-state index contributed by atoms with van der Waals surface area (Å²) in [5.74, 6) is 0. The highest BCUT2D eigenvalue weighted by Crippen LogP contribution is 2.44. The average molecular weight is 497 g/mol. The lowest BCUT2D eigenvalue weighted by molar-refractivity contribution is 0.480. The first-order valence-corrected chi connectivity index (χ1v) is 13.3. The van der Waals surface area contributed by atoms with Gasteiger partial charge in [-0.3, -0.25) is 13.7 Å². The minimum Gasteiger partial charge on any atom is -0.282 e. The molecule has 0 unspecified atom stereocenters. The predicted molar refractivity (Wildman–Crippen MR) is 118 cm³/mol. The molecule has 0 aromatic heterocycles. The summed E-state index contributed by atoms with van der Waals surface area (Å²) in [6.07, 6.45) is 0.0540. The Morgan fingerprint density at radius 3 is 1.81 bits per heavy atom. The van der Waals surface area contributed by atoms with E-state index in [1.807, 2.05) is 0 Å². The van der Waals surface area contributed by atoms with E-state index in [-0.39, 0.29) is 38.9 Å². The molecule has 32 heavy (non-hydrogen) atoms. The summed E-state index contributed by atoms with van der Waals surface area (Å²) in [7, 11) is -14.6. The number of allylic oxidation sites excluding steroid dienone is 1. The number of hydrogen-bond acceptors (Lipinski definition) is 6. The van der Waals surface area contributed by atoms with Gasteiger partial charge in [-0.05, 0) is 47.9 Å². The standard InChI is InChI=1S/C20H16O9S3/c1-10(2)7-12-8-14-15(30(21,22)23)6-4-11-3-5-13-16(31(24,25)26)9-17(32(27,28)29)19(12)20(13)18(11)14/h3-6,8-9H,1,7H2,2H3,(H,21,22,23)(H,24,25,26)(H,27,28,29). The Labute approximate surface area is 183 Å². The molecule has 0 bridgehead atoms. The van der Waals surface area contributed by atoms with Gasteiger partial charge in [-0.15, -0.1) is 0 Å². The molecule has 0 aliphatic rings. The lowest BCUT2D eigenvalue weighted by Gasteiger charge is -2.19. The first-order chi connectivity index (χ1) is 14.6. The van der Waals surface area contributed by atoms with E-state index in [0.29, 0.717) is 17.0 Å². The summed E-state index contributed by atoms with van der Waals surface area (Å²) in [6, 6.07) is 7.39. The van der Waals surface area contributed by atoms with Crippen molar-refractivity contribution in [2.24, 2.45) is 0 Å². The molecule has 0 fully saturated rings. The van der Waals surface area contributed by atoms with E-state index in [0.717, 1.165) is 0 Å². The van der Waals surface area contributed by atoms with Crippen LogP contribution in [0.2, 0.25) is 0 Å². The van der Waals surface area contributed by atoms with Crippen molar-refractivity contribution in [3.63, 3.8) is 0 Å². The zero-order chi connectivity index (χ0) is 23.8. The SMILES string of the molecule is C=C(C)Cc1cc2c(S(=O)(=O)O)ccc3ccc4c(S(=O)(=O)O)cc(S(=O)(=O)O)c1c4c32. The normalized spacial score (nSPS) is 13.4. The van der Waals surface area contributed by atoms with Crippen LogP contribution in [-0.2, 0) is 36.8 Å². The molecular formula is C20H16O9S3. The second-order valence-electron chi connectivity index (χ2n) is 7.54. The first kappa shape index (κ1) is 22.6. The van der Waals surface area contributed by atoms with Crippen LogP contribution in [0.1, 0.15) is 12.5 Å². The van der Waals surface area contributed by atoms with Gasteiger partial charge in [-0.1, -0.05) is 30.4 Å². The van der Waals surface area contributed by atoms with Crippen LogP contribution in [-0.4, -0.2) is 38.9 Å². The van der Waals surface area contributed by atoms with Gasteiger partial charge in [0.1, 0.15) is 14.7 Å². The van der Waals surface area contributed by atoms with Crippen LogP contribution in [0.25, 0.3) is 32.3 Å². The van der Waals surface area contributed by atoms with E-state index in [2.05, 4.69) is 6.58 Å². The monoisotopic (exact) mass is 496 g/mol. The van der Waals surface area contributed by atoms with Crippen molar-refractivity contribution in [3.8, 4) is 0 Å². The molecular weight excluding hydrogens is 480 g/mol. The summed E-state index contributed by atoms with van der Waals surface area (Å²) in [4.78, 5) is -2.00. The second-order valence-corrected chi connectivity index (χ2v) is 11.7. The Kier molecular flexibility index (Phi) is 4.90. The molecule has 168 valence electrons. The zero-order valence-corrected chi connectivity index (χ0v) is 18.8. The maximum Gasteiger partial charge on any atom is 0.295 e. The van der Waals surface area contributed by atoms with Gasteiger partial charge in [0.05, 0.1) is 0 Å². The molecule has 0 heterocycles. The van der Waals surface area contributed by atoms with Crippen LogP contribution < -0.4 is 0 Å². The third-order valence-electron chi connectivity index (χ3n) is 5.18. The van der Waals surface area contributed by atoms with E-state index in [1.54, 1.807) is 6.92 Å². The molecule has 0 atom stereocenters. The van der Waals surface area contributed by atoms with Gasteiger partial charge in [0.2, 0.25) is 0 Å². The van der Waals surface area contributed by atoms with Gasteiger partial charge in [-0.25, -0.2) is 0 Å². The Bertz CT molecular complexity index is 1780. The quantitative estimate of drug-likeness (QED) is 0.213. The third-order valence-corrected chi connectivity index (χ3v) is 7.86. The zero-order valence-electron chi connectivity index (χ0n) is 16.4. The number of hydrogen-bond donors (Lipinski definition) is 3. The molecule has 0 radical (unpaired) electrons. The van der Waals surface area contributed by atoms with Crippen molar-refractivity contribution in [3.05, 3.63) is 54.1 Å². The summed E-state index contributed by atoms with van der Waals surface area (Å²) < 4.78 is 102. The molecule has 0 saturated heterocycles. The molecule has 4 rings (SSSR count). The topological polar surface area (TPSA) is 163 Å². The van der Waals surface area contributed by atoms with Crippen LogP contribution in [0.4, 0.5) is 0 Å². The molecule has 0 spiro atoms. The predicted octanol–water partition coefficient (Wildman–Crippen LogP) is 3.44. The largest absolute Gasteiger partial charge is 0.295 e. The highest BCUT2D eigenvalue weighted by atomic mass is 32.2. The smallest absolute Gasteiger partial charge is 0.282 e. The highest BCUT2D eigenvalue weighted by Gasteiger charge is 2.28. The number of benzene rings is 4. The maximum atomic E-state index is 12.2. The van der Waals surface area contributed by atoms with E-state index in [4.69, 9.17) is 0 Å². The van der Waals surface area contributed by atoms with Crippen LogP contribution in [0.3, 0.4) is 0 Å². The molecule has 12 heteroatoms. The summed E-state index contributed by atoms with van der Waals surface area (Å²) in [5, 5.41) is 0.471. The van der Waals surface area contributed by atoms with Gasteiger partial charge < -0.3 is 0 Å². The lowest BCUT2D eigenvalue weighted by atomic mass is 9.89. The molecule has 4 aromatic carbocycles. The fraction of sp³-hybridized carbons (Fsp3) is 0.100. The van der Waals surface area contributed by atoms with E-state index in [9.17, 15) is 38.9 Å². The van der Waals surface area contributed by atoms with Gasteiger partial charge in [-0.2, -0.15) is 25.3 Å².